The summed E-state index contributed by atoms with van der Waals surface area (Å²) in [4.78, 5) is 54.0. The van der Waals surface area contributed by atoms with Gasteiger partial charge in [-0.25, -0.2) is 121 Å². The third-order valence-electron chi connectivity index (χ3n) is 13.8. The molecule has 0 fully saturated rings. The minimum Gasteiger partial charge on any atom is -0.857 e. The zero-order chi connectivity index (χ0) is 88.0. The van der Waals surface area contributed by atoms with Gasteiger partial charge >= 0.3 is 59.4 Å². The zero-order valence-electron chi connectivity index (χ0n) is 62.1. The van der Waals surface area contributed by atoms with Gasteiger partial charge in [0.2, 0.25) is 11.6 Å². The Morgan fingerprint density at radius 2 is 0.526 bits per heavy atom. The van der Waals surface area contributed by atoms with Crippen molar-refractivity contribution < 1.29 is 218 Å². The van der Waals surface area contributed by atoms with Gasteiger partial charge in [-0.1, -0.05) is 30.3 Å². The number of carboxylic acids is 2. The Kier molecular flexibility index (Phi) is 44.6. The van der Waals surface area contributed by atoms with E-state index in [-0.39, 0.29) is 69.2 Å². The normalized spacial score (nSPS) is 9.82. The van der Waals surface area contributed by atoms with Gasteiger partial charge in [-0.15, -0.1) is 0 Å². The van der Waals surface area contributed by atoms with E-state index in [1.807, 2.05) is 30.3 Å². The number of nitrogens with two attached hydrogens (primary N) is 2. The first kappa shape index (κ1) is 105. The number of methoxy groups -OCH3 is 11. The second kappa shape index (κ2) is 48.6. The molecular formula is C70H63F22N2NaO19. The molecule has 0 radical (unpaired) electrons. The first-order valence-corrected chi connectivity index (χ1v) is 29.6. The van der Waals surface area contributed by atoms with Crippen molar-refractivity contribution in [3.63, 3.8) is 0 Å². The summed E-state index contributed by atoms with van der Waals surface area (Å²) in [5, 5.41) is 25.3. The summed E-state index contributed by atoms with van der Waals surface area (Å²) >= 11 is 0. The first-order chi connectivity index (χ1) is 52.8. The summed E-state index contributed by atoms with van der Waals surface area (Å²) in [6, 6.07) is 12.3. The molecular weight excluding hydrogens is 1610 g/mol. The van der Waals surface area contributed by atoms with Crippen molar-refractivity contribution in [1.29, 1.82) is 0 Å². The molecule has 8 aromatic rings. The fraction of sp³-hybridized carbons (Fsp3) is 0.243. The number of benzene rings is 8. The van der Waals surface area contributed by atoms with Crippen molar-refractivity contribution in [2.24, 2.45) is 5.73 Å². The number of carbonyl (C=O) groups is 5. The summed E-state index contributed by atoms with van der Waals surface area (Å²) in [6.45, 7) is 5.21. The van der Waals surface area contributed by atoms with Crippen molar-refractivity contribution in [3.05, 3.63) is 226 Å². The Labute approximate surface area is 653 Å². The maximum Gasteiger partial charge on any atom is 1.00 e. The Bertz CT molecular complexity index is 4370. The predicted molar refractivity (Wildman–Crippen MR) is 348 cm³/mol. The van der Waals surface area contributed by atoms with Gasteiger partial charge in [-0.05, 0) is 33.3 Å². The molecule has 0 atom stereocenters. The summed E-state index contributed by atoms with van der Waals surface area (Å²) < 4.78 is 334. The minimum absolute atomic E-state index is 0. The van der Waals surface area contributed by atoms with Crippen molar-refractivity contribution in [2.75, 3.05) is 91.1 Å². The summed E-state index contributed by atoms with van der Waals surface area (Å²) in [5.74, 6) is -46.7. The Morgan fingerprint density at radius 1 is 0.307 bits per heavy atom. The fourth-order valence-corrected chi connectivity index (χ4v) is 8.00. The molecule has 0 unspecified atom stereocenters. The molecule has 6 N–H and O–H groups in total. The van der Waals surface area contributed by atoms with Crippen molar-refractivity contribution in [1.82, 2.24) is 0 Å². The van der Waals surface area contributed by atoms with Gasteiger partial charge in [-0.2, -0.15) is 7.11 Å². The molecule has 0 saturated carbocycles. The van der Waals surface area contributed by atoms with E-state index in [9.17, 15) is 121 Å². The van der Waals surface area contributed by atoms with Crippen LogP contribution in [0.25, 0.3) is 0 Å². The van der Waals surface area contributed by atoms with Gasteiger partial charge in [0, 0.05) is 40.9 Å². The number of carbonyl (C=O) groups excluding carboxylic acids is 3. The number of halogens is 22. The average molecular weight is 1680 g/mol. The Hall–Kier alpha value is -11.3. The molecule has 0 aliphatic heterocycles. The van der Waals surface area contributed by atoms with Crippen LogP contribution in [0.15, 0.2) is 42.5 Å². The number of carboxylic acid groups (broad SMARTS) is 2. The molecule has 0 heterocycles. The number of nitrogen functional groups attached to an aromatic ring is 1. The summed E-state index contributed by atoms with van der Waals surface area (Å²) in [6.07, 6.45) is 0. The molecule has 8 rings (SSSR count). The number of hydrogen-bond donors (Lipinski definition) is 4. The van der Waals surface area contributed by atoms with Crippen LogP contribution in [-0.2, 0) is 20.8 Å². The number of aromatic carboxylic acids is 2. The van der Waals surface area contributed by atoms with Crippen LogP contribution in [0.3, 0.4) is 0 Å². The second-order valence-electron chi connectivity index (χ2n) is 20.2. The topological polar surface area (TPSA) is 302 Å². The third kappa shape index (κ3) is 24.8. The smallest absolute Gasteiger partial charge is 0.857 e. The predicted octanol–water partition coefficient (Wildman–Crippen LogP) is 11.6. The molecule has 21 nitrogen and oxygen atoms in total. The van der Waals surface area contributed by atoms with E-state index in [4.69, 9.17) is 45.7 Å². The van der Waals surface area contributed by atoms with E-state index in [1.165, 1.54) is 75.1 Å². The van der Waals surface area contributed by atoms with E-state index in [0.29, 0.717) is 6.54 Å². The molecule has 0 aliphatic carbocycles. The average Bonchev–Trinajstić information content (AvgIpc) is 0.791. The van der Waals surface area contributed by atoms with Gasteiger partial charge < -0.3 is 78.9 Å². The molecule has 114 heavy (non-hydrogen) atoms. The fourth-order valence-electron chi connectivity index (χ4n) is 8.00. The van der Waals surface area contributed by atoms with Crippen LogP contribution in [0.4, 0.5) is 102 Å². The van der Waals surface area contributed by atoms with Crippen LogP contribution in [0.5, 0.6) is 46.0 Å². The molecule has 0 saturated heterocycles. The van der Waals surface area contributed by atoms with Gasteiger partial charge in [0.05, 0.1) is 78.2 Å². The van der Waals surface area contributed by atoms with E-state index in [2.05, 4.69) is 33.2 Å². The SMILES string of the molecule is COC(=O)c1c(F)c(F)c(C)c(F)c1F.COC(=O)c1c(F)c(F)c(F)c(F)c1F.COC(=O)c1c(OC)c(F)c(C)c(F)c1OC.COc1c(F)c(C)c(F)c(OC)c1C(=O)O.COc1cc(OC)c(F)c(C)c1F.COc1cc(OC)c(F)c(N)c1F.C[O-].NCc1ccccc1.O=C(O)c1c(F)c(F)c(F)c(F)c1F.[Na+]. The van der Waals surface area contributed by atoms with Crippen LogP contribution in [0, 0.1) is 156 Å². The number of rotatable bonds is 14. The number of ether oxygens (including phenoxy) is 11. The summed E-state index contributed by atoms with van der Waals surface area (Å²) in [7, 11) is 13.1. The molecule has 44 heteroatoms. The number of hydrogen-bond acceptors (Lipinski definition) is 19. The Balaban J connectivity index is 0. The minimum atomic E-state index is -2.38. The van der Waals surface area contributed by atoms with Crippen LogP contribution < -0.4 is 84.0 Å². The maximum absolute atomic E-state index is 13.7. The first-order valence-electron chi connectivity index (χ1n) is 29.6. The number of esters is 3. The van der Waals surface area contributed by atoms with Crippen LogP contribution in [-0.4, -0.2) is 125 Å². The van der Waals surface area contributed by atoms with Gasteiger partial charge in [-0.3, -0.25) is 0 Å². The van der Waals surface area contributed by atoms with E-state index in [0.717, 1.165) is 55.6 Å². The van der Waals surface area contributed by atoms with E-state index >= 15 is 0 Å². The standard InChI is InChI=1S/C11H12F2O4.C10H10F2O4.C9H6F4O2.C9H10F2O2.C8H3F5O2.C8H9F2NO2.C7HF5O2.C7H9N.CH3O.Na/c1-5-7(12)9(15-2)6(11(14)17-4)10(16-3)8(5)13;1-4-6(11)8(15-2)5(10(13)14)9(16-3)7(4)12;1-3-5(10)7(12)4(9(14)15-2)8(13)6(3)11;1-5-8(10)6(12-2)4-7(13-3)9(5)11;1-15-8(14)2-3(9)5(11)7(13)6(12)4(2)10;1-12-4-3-5(13-2)7(10)8(11)6(4)9;8-2-1(7(13)14)3(9)5(11)6(12)4(2)10;8-6-7-4-2-1-3-5-7;1-2;/h1-4H3;1-3H3,(H,13,14);1-2H3;4H,1-3H3;1H3;3H,11H2,1-2H3;(H,13,14);1-5H,6,8H2;1H3;/q;;;;;;;;-1;+1. The third-order valence-corrected chi connectivity index (χ3v) is 13.8. The van der Waals surface area contributed by atoms with Crippen molar-refractivity contribution in [2.45, 2.75) is 34.2 Å². The monoisotopic (exact) mass is 1680 g/mol. The maximum atomic E-state index is 13.7. The zero-order valence-corrected chi connectivity index (χ0v) is 64.1. The summed E-state index contributed by atoms with van der Waals surface area (Å²) in [5.41, 5.74) is 3.61. The van der Waals surface area contributed by atoms with E-state index < -0.39 is 220 Å². The van der Waals surface area contributed by atoms with Crippen molar-refractivity contribution >= 4 is 35.5 Å². The molecule has 0 aromatic heterocycles. The quantitative estimate of drug-likeness (QED) is 0.0150. The molecule has 0 spiro atoms. The van der Waals surface area contributed by atoms with E-state index in [1.54, 1.807) is 0 Å². The van der Waals surface area contributed by atoms with Gasteiger partial charge in [0.15, 0.2) is 162 Å². The largest absolute Gasteiger partial charge is 1.00 e. The molecule has 0 bridgehead atoms. The molecule has 0 aliphatic rings. The molecule has 8 aromatic carbocycles. The van der Waals surface area contributed by atoms with Gasteiger partial charge in [0.25, 0.3) is 0 Å². The van der Waals surface area contributed by atoms with Crippen LogP contribution >= 0.6 is 0 Å². The van der Waals surface area contributed by atoms with Crippen molar-refractivity contribution in [3.8, 4) is 46.0 Å². The van der Waals surface area contributed by atoms with Gasteiger partial charge in [0.1, 0.15) is 33.5 Å². The Morgan fingerprint density at radius 3 is 0.763 bits per heavy atom. The number of anilines is 1. The molecule has 0 amide bonds. The second-order valence-corrected chi connectivity index (χ2v) is 20.2. The van der Waals surface area contributed by atoms with Crippen LogP contribution in [0.2, 0.25) is 0 Å². The molecule has 622 valence electrons. The van der Waals surface area contributed by atoms with Crippen LogP contribution in [0.1, 0.15) is 79.6 Å².